The summed E-state index contributed by atoms with van der Waals surface area (Å²) in [4.78, 5) is 20.3. The maximum Gasteiger partial charge on any atom is 0.258 e. The number of amides is 1. The summed E-state index contributed by atoms with van der Waals surface area (Å²) in [5, 5.41) is 3.86. The fraction of sp³-hybridized carbons (Fsp3) is 0.360. The molecule has 1 amide bonds. The van der Waals surface area contributed by atoms with Crippen molar-refractivity contribution in [1.82, 2.24) is 9.29 Å². The number of anilines is 2. The number of nitrogens with zero attached hydrogens (tertiary/aromatic N) is 3. The van der Waals surface area contributed by atoms with E-state index in [2.05, 4.69) is 15.2 Å². The fourth-order valence-electron chi connectivity index (χ4n) is 4.52. The molecule has 1 aromatic heterocycles. The summed E-state index contributed by atoms with van der Waals surface area (Å²) in [5.74, 6) is 0.0529. The number of carbonyl (C=O) groups excluding carboxylic acids is 1. The van der Waals surface area contributed by atoms with E-state index in [1.807, 2.05) is 30.3 Å². The van der Waals surface area contributed by atoms with Crippen molar-refractivity contribution < 1.29 is 17.9 Å². The Morgan fingerprint density at radius 2 is 1.68 bits per heavy atom. The van der Waals surface area contributed by atoms with E-state index in [1.165, 1.54) is 10.4 Å². The van der Waals surface area contributed by atoms with Gasteiger partial charge in [0.25, 0.3) is 5.91 Å². The molecule has 2 saturated heterocycles. The van der Waals surface area contributed by atoms with E-state index in [9.17, 15) is 13.2 Å². The number of morpholine rings is 1. The van der Waals surface area contributed by atoms with Crippen LogP contribution in [-0.2, 0) is 14.8 Å². The van der Waals surface area contributed by atoms with Gasteiger partial charge in [0.2, 0.25) is 10.0 Å². The zero-order valence-corrected chi connectivity index (χ0v) is 19.8. The highest BCUT2D eigenvalue weighted by atomic mass is 32.2. The number of pyridine rings is 1. The lowest BCUT2D eigenvalue weighted by atomic mass is 10.1. The average molecular weight is 481 g/mol. The van der Waals surface area contributed by atoms with Crippen molar-refractivity contribution in [3.63, 3.8) is 0 Å². The van der Waals surface area contributed by atoms with Gasteiger partial charge in [-0.1, -0.05) is 18.2 Å². The highest BCUT2D eigenvalue weighted by Gasteiger charge is 2.29. The van der Waals surface area contributed by atoms with Crippen LogP contribution in [0.2, 0.25) is 0 Å². The molecule has 0 atom stereocenters. The minimum Gasteiger partial charge on any atom is -0.379 e. The molecule has 3 aromatic rings. The molecule has 5 rings (SSSR count). The number of benzene rings is 2. The lowest BCUT2D eigenvalue weighted by Crippen LogP contribution is -2.40. The van der Waals surface area contributed by atoms with Gasteiger partial charge in [0.05, 0.1) is 29.2 Å². The van der Waals surface area contributed by atoms with E-state index in [0.29, 0.717) is 37.7 Å². The summed E-state index contributed by atoms with van der Waals surface area (Å²) >= 11 is 0. The van der Waals surface area contributed by atoms with Crippen LogP contribution in [0.3, 0.4) is 0 Å². The van der Waals surface area contributed by atoms with E-state index in [1.54, 1.807) is 18.2 Å². The highest BCUT2D eigenvalue weighted by Crippen LogP contribution is 2.29. The molecule has 0 bridgehead atoms. The lowest BCUT2D eigenvalue weighted by molar-refractivity contribution is 0.0730. The molecule has 2 aromatic carbocycles. The molecular formula is C25H28N4O4S. The number of piperidine rings is 1. The largest absolute Gasteiger partial charge is 0.379 e. The topological polar surface area (TPSA) is 91.8 Å². The third-order valence-corrected chi connectivity index (χ3v) is 8.25. The van der Waals surface area contributed by atoms with Gasteiger partial charge in [-0.3, -0.25) is 4.79 Å². The molecule has 178 valence electrons. The molecule has 0 unspecified atom stereocenters. The number of rotatable bonds is 5. The van der Waals surface area contributed by atoms with E-state index in [4.69, 9.17) is 4.74 Å². The van der Waals surface area contributed by atoms with E-state index in [-0.39, 0.29) is 10.8 Å². The van der Waals surface area contributed by atoms with Crippen molar-refractivity contribution in [2.75, 3.05) is 49.6 Å². The molecule has 0 saturated carbocycles. The first-order chi connectivity index (χ1) is 16.5. The number of hydrogen-bond donors (Lipinski definition) is 1. The second kappa shape index (κ2) is 9.69. The Morgan fingerprint density at radius 1 is 0.912 bits per heavy atom. The summed E-state index contributed by atoms with van der Waals surface area (Å²) in [6.07, 6.45) is 3.24. The van der Waals surface area contributed by atoms with Crippen molar-refractivity contribution in [1.29, 1.82) is 0 Å². The summed E-state index contributed by atoms with van der Waals surface area (Å²) < 4.78 is 33.3. The Balaban J connectivity index is 1.50. The second-order valence-corrected chi connectivity index (χ2v) is 10.5. The van der Waals surface area contributed by atoms with Gasteiger partial charge in [0, 0.05) is 37.3 Å². The first-order valence-corrected chi connectivity index (χ1v) is 13.1. The van der Waals surface area contributed by atoms with Gasteiger partial charge in [-0.2, -0.15) is 4.31 Å². The standard InChI is InChI=1S/C25H28N4O4S/c30-25(27-24-11-8-19-6-2-3-7-22(19)26-24)21-18-20(34(31,32)29-14-16-33-17-15-29)9-10-23(21)28-12-4-1-5-13-28/h2-3,6-11,18H,1,4-5,12-17H2,(H,26,27,30). The molecule has 3 heterocycles. The van der Waals surface area contributed by atoms with E-state index >= 15 is 0 Å². The zero-order valence-electron chi connectivity index (χ0n) is 18.9. The van der Waals surface area contributed by atoms with E-state index < -0.39 is 10.0 Å². The number of para-hydroxylation sites is 1. The molecule has 34 heavy (non-hydrogen) atoms. The van der Waals surface area contributed by atoms with Gasteiger partial charge >= 0.3 is 0 Å². The summed E-state index contributed by atoms with van der Waals surface area (Å²) in [6.45, 7) is 3.02. The van der Waals surface area contributed by atoms with E-state index in [0.717, 1.165) is 48.9 Å². The Kier molecular flexibility index (Phi) is 6.49. The third-order valence-electron chi connectivity index (χ3n) is 6.36. The van der Waals surface area contributed by atoms with Crippen LogP contribution in [0.5, 0.6) is 0 Å². The molecule has 9 heteroatoms. The third kappa shape index (κ3) is 4.64. The van der Waals surface area contributed by atoms with Crippen LogP contribution in [0.4, 0.5) is 11.5 Å². The van der Waals surface area contributed by atoms with Crippen molar-refractivity contribution in [3.05, 3.63) is 60.2 Å². The maximum atomic E-state index is 13.5. The van der Waals surface area contributed by atoms with Crippen molar-refractivity contribution in [3.8, 4) is 0 Å². The fourth-order valence-corrected chi connectivity index (χ4v) is 5.96. The Morgan fingerprint density at radius 3 is 2.47 bits per heavy atom. The average Bonchev–Trinajstić information content (AvgIpc) is 2.89. The SMILES string of the molecule is O=C(Nc1ccc2ccccc2n1)c1cc(S(=O)(=O)N2CCOCC2)ccc1N1CCCCC1. The Bertz CT molecular complexity index is 1300. The Hall–Kier alpha value is -3.01. The molecule has 0 aliphatic carbocycles. The zero-order chi connectivity index (χ0) is 23.5. The number of nitrogens with one attached hydrogen (secondary N) is 1. The summed E-state index contributed by atoms with van der Waals surface area (Å²) in [6, 6.07) is 16.2. The molecule has 2 aliphatic rings. The number of aromatic nitrogens is 1. The monoisotopic (exact) mass is 480 g/mol. The van der Waals surface area contributed by atoms with Crippen LogP contribution in [0.1, 0.15) is 29.6 Å². The van der Waals surface area contributed by atoms with Crippen LogP contribution in [-0.4, -0.2) is 63.0 Å². The maximum absolute atomic E-state index is 13.5. The molecular weight excluding hydrogens is 452 g/mol. The first kappa shape index (κ1) is 22.8. The highest BCUT2D eigenvalue weighted by molar-refractivity contribution is 7.89. The van der Waals surface area contributed by atoms with Crippen LogP contribution in [0, 0.1) is 0 Å². The van der Waals surface area contributed by atoms with Crippen molar-refractivity contribution in [2.24, 2.45) is 0 Å². The molecule has 2 fully saturated rings. The lowest BCUT2D eigenvalue weighted by Gasteiger charge is -2.31. The molecule has 0 spiro atoms. The minimum absolute atomic E-state index is 0.117. The van der Waals surface area contributed by atoms with Gasteiger partial charge < -0.3 is 15.0 Å². The van der Waals surface area contributed by atoms with Gasteiger partial charge in [-0.25, -0.2) is 13.4 Å². The predicted molar refractivity (Wildman–Crippen MR) is 132 cm³/mol. The molecule has 0 radical (unpaired) electrons. The number of hydrogen-bond acceptors (Lipinski definition) is 6. The summed E-state index contributed by atoms with van der Waals surface area (Å²) in [7, 11) is -3.73. The number of ether oxygens (including phenoxy) is 1. The van der Waals surface area contributed by atoms with Gasteiger partial charge in [-0.05, 0) is 55.7 Å². The van der Waals surface area contributed by atoms with Gasteiger partial charge in [0.1, 0.15) is 5.82 Å². The molecule has 8 nitrogen and oxygen atoms in total. The number of sulfonamides is 1. The van der Waals surface area contributed by atoms with Gasteiger partial charge in [0.15, 0.2) is 0 Å². The van der Waals surface area contributed by atoms with Crippen LogP contribution >= 0.6 is 0 Å². The Labute approximate surface area is 199 Å². The van der Waals surface area contributed by atoms with Crippen LogP contribution in [0.25, 0.3) is 10.9 Å². The summed E-state index contributed by atoms with van der Waals surface area (Å²) in [5.41, 5.74) is 1.87. The number of fused-ring (bicyclic) bond motifs is 1. The van der Waals surface area contributed by atoms with Crippen LogP contribution in [0.15, 0.2) is 59.5 Å². The molecule has 1 N–H and O–H groups in total. The predicted octanol–water partition coefficient (Wildman–Crippen LogP) is 3.50. The number of carbonyl (C=O) groups is 1. The normalized spacial score (nSPS) is 17.6. The van der Waals surface area contributed by atoms with Gasteiger partial charge in [-0.15, -0.1) is 0 Å². The van der Waals surface area contributed by atoms with Crippen molar-refractivity contribution in [2.45, 2.75) is 24.2 Å². The second-order valence-electron chi connectivity index (χ2n) is 8.59. The van der Waals surface area contributed by atoms with Crippen molar-refractivity contribution >= 4 is 38.3 Å². The van der Waals surface area contributed by atoms with Crippen LogP contribution < -0.4 is 10.2 Å². The molecule has 2 aliphatic heterocycles. The first-order valence-electron chi connectivity index (χ1n) is 11.7. The smallest absolute Gasteiger partial charge is 0.258 e. The quantitative estimate of drug-likeness (QED) is 0.601. The minimum atomic E-state index is -3.73.